The summed E-state index contributed by atoms with van der Waals surface area (Å²) in [6, 6.07) is 9.04. The molecule has 0 bridgehead atoms. The van der Waals surface area contributed by atoms with Crippen LogP contribution in [-0.2, 0) is 11.3 Å². The average Bonchev–Trinajstić information content (AvgIpc) is 2.43. The van der Waals surface area contributed by atoms with Gasteiger partial charge in [0, 0.05) is 19.2 Å². The third kappa shape index (κ3) is 4.80. The first kappa shape index (κ1) is 15.3. The monoisotopic (exact) mass is 277 g/mol. The lowest BCUT2D eigenvalue weighted by molar-refractivity contribution is -0.0102. The standard InChI is InChI=1S/C17H27NO2/c1-3-5-10-20-16-8-6-14(7-9-16)13-18-15-11-17(12-15)19-4-2/h6-9,15,17-18H,3-5,10-13H2,1-2H3. The highest BCUT2D eigenvalue weighted by molar-refractivity contribution is 5.27. The molecule has 112 valence electrons. The SMILES string of the molecule is CCCCOc1ccc(CNC2CC(OCC)C2)cc1. The molecule has 20 heavy (non-hydrogen) atoms. The third-order valence-corrected chi connectivity index (χ3v) is 3.78. The maximum Gasteiger partial charge on any atom is 0.119 e. The van der Waals surface area contributed by atoms with Gasteiger partial charge in [0.1, 0.15) is 5.75 Å². The maximum atomic E-state index is 5.66. The molecule has 2 rings (SSSR count). The van der Waals surface area contributed by atoms with E-state index in [2.05, 4.69) is 43.4 Å². The molecule has 0 aliphatic heterocycles. The van der Waals surface area contributed by atoms with Crippen LogP contribution in [0.2, 0.25) is 0 Å². The minimum Gasteiger partial charge on any atom is -0.494 e. The van der Waals surface area contributed by atoms with Gasteiger partial charge in [-0.25, -0.2) is 0 Å². The molecule has 0 radical (unpaired) electrons. The first-order valence-corrected chi connectivity index (χ1v) is 7.88. The summed E-state index contributed by atoms with van der Waals surface area (Å²) in [7, 11) is 0. The number of hydrogen-bond acceptors (Lipinski definition) is 3. The minimum atomic E-state index is 0.479. The number of benzene rings is 1. The summed E-state index contributed by atoms with van der Waals surface area (Å²) in [5.41, 5.74) is 1.31. The lowest BCUT2D eigenvalue weighted by atomic mass is 9.89. The summed E-state index contributed by atoms with van der Waals surface area (Å²) >= 11 is 0. The third-order valence-electron chi connectivity index (χ3n) is 3.78. The van der Waals surface area contributed by atoms with Crippen molar-refractivity contribution in [2.45, 2.75) is 58.2 Å². The van der Waals surface area contributed by atoms with E-state index in [1.165, 1.54) is 12.0 Å². The van der Waals surface area contributed by atoms with Gasteiger partial charge in [0.05, 0.1) is 12.7 Å². The van der Waals surface area contributed by atoms with Crippen molar-refractivity contribution in [1.29, 1.82) is 0 Å². The fourth-order valence-electron chi connectivity index (χ4n) is 2.40. The van der Waals surface area contributed by atoms with Gasteiger partial charge in [-0.15, -0.1) is 0 Å². The molecular formula is C17H27NO2. The van der Waals surface area contributed by atoms with Crippen molar-refractivity contribution in [3.8, 4) is 5.75 Å². The molecule has 3 nitrogen and oxygen atoms in total. The van der Waals surface area contributed by atoms with Gasteiger partial charge in [0.25, 0.3) is 0 Å². The van der Waals surface area contributed by atoms with Crippen LogP contribution in [0.25, 0.3) is 0 Å². The molecule has 1 N–H and O–H groups in total. The molecular weight excluding hydrogens is 250 g/mol. The van der Waals surface area contributed by atoms with Crippen molar-refractivity contribution in [2.24, 2.45) is 0 Å². The number of rotatable bonds is 9. The van der Waals surface area contributed by atoms with Gasteiger partial charge in [-0.3, -0.25) is 0 Å². The van der Waals surface area contributed by atoms with E-state index < -0.39 is 0 Å². The van der Waals surface area contributed by atoms with E-state index in [0.717, 1.165) is 44.8 Å². The fraction of sp³-hybridized carbons (Fsp3) is 0.647. The quantitative estimate of drug-likeness (QED) is 0.701. The molecule has 0 heterocycles. The van der Waals surface area contributed by atoms with Gasteiger partial charge < -0.3 is 14.8 Å². The molecule has 1 saturated carbocycles. The fourth-order valence-corrected chi connectivity index (χ4v) is 2.40. The summed E-state index contributed by atoms with van der Waals surface area (Å²) in [6.45, 7) is 6.81. The summed E-state index contributed by atoms with van der Waals surface area (Å²) in [4.78, 5) is 0. The van der Waals surface area contributed by atoms with E-state index in [0.29, 0.717) is 12.1 Å². The van der Waals surface area contributed by atoms with E-state index >= 15 is 0 Å². The Morgan fingerprint density at radius 1 is 1.15 bits per heavy atom. The lowest BCUT2D eigenvalue weighted by Gasteiger charge is -2.35. The second-order valence-corrected chi connectivity index (χ2v) is 5.47. The van der Waals surface area contributed by atoms with E-state index in [-0.39, 0.29) is 0 Å². The zero-order valence-electron chi connectivity index (χ0n) is 12.7. The van der Waals surface area contributed by atoms with Crippen LogP contribution >= 0.6 is 0 Å². The maximum absolute atomic E-state index is 5.66. The van der Waals surface area contributed by atoms with Crippen molar-refractivity contribution in [1.82, 2.24) is 5.32 Å². The molecule has 0 aromatic heterocycles. The Morgan fingerprint density at radius 3 is 2.55 bits per heavy atom. The van der Waals surface area contributed by atoms with Gasteiger partial charge in [-0.1, -0.05) is 25.5 Å². The van der Waals surface area contributed by atoms with Crippen molar-refractivity contribution < 1.29 is 9.47 Å². The second-order valence-electron chi connectivity index (χ2n) is 5.47. The van der Waals surface area contributed by atoms with Crippen LogP contribution in [0.15, 0.2) is 24.3 Å². The van der Waals surface area contributed by atoms with Crippen molar-refractivity contribution in [3.05, 3.63) is 29.8 Å². The largest absolute Gasteiger partial charge is 0.494 e. The van der Waals surface area contributed by atoms with Gasteiger partial charge in [0.15, 0.2) is 0 Å². The topological polar surface area (TPSA) is 30.5 Å². The first-order chi connectivity index (χ1) is 9.81. The zero-order chi connectivity index (χ0) is 14.2. The number of ether oxygens (including phenoxy) is 2. The molecule has 1 aromatic rings. The summed E-state index contributed by atoms with van der Waals surface area (Å²) in [5, 5.41) is 3.57. The molecule has 3 heteroatoms. The average molecular weight is 277 g/mol. The van der Waals surface area contributed by atoms with Crippen LogP contribution in [0.4, 0.5) is 0 Å². The highest BCUT2D eigenvalue weighted by Gasteiger charge is 2.28. The summed E-state index contributed by atoms with van der Waals surface area (Å²) in [6.07, 6.45) is 5.06. The van der Waals surface area contributed by atoms with Gasteiger partial charge in [0.2, 0.25) is 0 Å². The van der Waals surface area contributed by atoms with E-state index in [1.54, 1.807) is 0 Å². The molecule has 1 aliphatic rings. The Labute approximate surface area is 122 Å². The molecule has 0 spiro atoms. The van der Waals surface area contributed by atoms with Crippen molar-refractivity contribution >= 4 is 0 Å². The Hall–Kier alpha value is -1.06. The summed E-state index contributed by atoms with van der Waals surface area (Å²) in [5.74, 6) is 0.974. The van der Waals surface area contributed by atoms with Crippen LogP contribution in [0.3, 0.4) is 0 Å². The van der Waals surface area contributed by atoms with Crippen LogP contribution in [0.5, 0.6) is 5.75 Å². The van der Waals surface area contributed by atoms with E-state index in [1.807, 2.05) is 0 Å². The predicted molar refractivity (Wildman–Crippen MR) is 82.1 cm³/mol. The number of nitrogens with one attached hydrogen (secondary N) is 1. The molecule has 0 saturated heterocycles. The number of unbranched alkanes of at least 4 members (excludes halogenated alkanes) is 1. The predicted octanol–water partition coefficient (Wildman–Crippen LogP) is 3.52. The zero-order valence-corrected chi connectivity index (χ0v) is 12.7. The lowest BCUT2D eigenvalue weighted by Crippen LogP contribution is -2.45. The van der Waals surface area contributed by atoms with Gasteiger partial charge >= 0.3 is 0 Å². The Bertz CT molecular complexity index is 371. The van der Waals surface area contributed by atoms with Gasteiger partial charge in [-0.2, -0.15) is 0 Å². The molecule has 0 unspecified atom stereocenters. The molecule has 0 atom stereocenters. The minimum absolute atomic E-state index is 0.479. The highest BCUT2D eigenvalue weighted by atomic mass is 16.5. The molecule has 1 fully saturated rings. The number of hydrogen-bond donors (Lipinski definition) is 1. The Kier molecular flexibility index (Phi) is 6.34. The second kappa shape index (κ2) is 8.28. The van der Waals surface area contributed by atoms with Crippen LogP contribution in [0, 0.1) is 0 Å². The van der Waals surface area contributed by atoms with Crippen LogP contribution in [-0.4, -0.2) is 25.4 Å². The highest BCUT2D eigenvalue weighted by Crippen LogP contribution is 2.23. The normalized spacial score (nSPS) is 21.5. The van der Waals surface area contributed by atoms with Gasteiger partial charge in [-0.05, 0) is 43.9 Å². The molecule has 0 amide bonds. The van der Waals surface area contributed by atoms with Crippen LogP contribution < -0.4 is 10.1 Å². The Morgan fingerprint density at radius 2 is 1.90 bits per heavy atom. The van der Waals surface area contributed by atoms with E-state index in [4.69, 9.17) is 9.47 Å². The van der Waals surface area contributed by atoms with Crippen LogP contribution in [0.1, 0.15) is 45.1 Å². The van der Waals surface area contributed by atoms with E-state index in [9.17, 15) is 0 Å². The Balaban J connectivity index is 1.64. The molecule has 1 aromatic carbocycles. The molecule has 1 aliphatic carbocycles. The van der Waals surface area contributed by atoms with Crippen molar-refractivity contribution in [2.75, 3.05) is 13.2 Å². The smallest absolute Gasteiger partial charge is 0.119 e. The first-order valence-electron chi connectivity index (χ1n) is 7.88. The van der Waals surface area contributed by atoms with Crippen molar-refractivity contribution in [3.63, 3.8) is 0 Å². The summed E-state index contributed by atoms with van der Waals surface area (Å²) < 4.78 is 11.2.